The van der Waals surface area contributed by atoms with E-state index in [-0.39, 0.29) is 49.3 Å². The maximum Gasteiger partial charge on any atom is 0.234 e. The summed E-state index contributed by atoms with van der Waals surface area (Å²) < 4.78 is 0. The van der Waals surface area contributed by atoms with Gasteiger partial charge in [-0.1, -0.05) is 21.6 Å². The molecule has 0 spiro atoms. The Morgan fingerprint density at radius 3 is 1.29 bits per heavy atom. The summed E-state index contributed by atoms with van der Waals surface area (Å²) in [5.41, 5.74) is 3.92. The Labute approximate surface area is 148 Å². The fraction of sp³-hybridized carbons (Fsp3) is 0.667. The Balaban J connectivity index is 3.39. The van der Waals surface area contributed by atoms with Crippen molar-refractivity contribution in [3.8, 4) is 0 Å². The summed E-state index contributed by atoms with van der Waals surface area (Å²) in [6.45, 7) is 1.00. The molecule has 0 fully saturated rings. The first kappa shape index (κ1) is 22.5. The predicted octanol–water partition coefficient (Wildman–Crippen LogP) is -1.86. The van der Waals surface area contributed by atoms with Crippen molar-refractivity contribution in [2.45, 2.75) is 25.7 Å². The zero-order chi connectivity index (χ0) is 18.2. The molecule has 10 nitrogen and oxygen atoms in total. The van der Waals surface area contributed by atoms with Gasteiger partial charge in [0.25, 0.3) is 0 Å². The molecule has 0 aliphatic heterocycles. The quantitative estimate of drug-likeness (QED) is 0.0710. The second-order valence-electron chi connectivity index (χ2n) is 4.48. The fourth-order valence-electron chi connectivity index (χ4n) is 1.36. The minimum atomic E-state index is -0.374. The molecule has 0 heterocycles. The monoisotopic (exact) mass is 380 g/mol. The van der Waals surface area contributed by atoms with E-state index < -0.39 is 0 Å². The van der Waals surface area contributed by atoms with Gasteiger partial charge in [0.1, 0.15) is 0 Å². The maximum atomic E-state index is 11.4. The van der Waals surface area contributed by atoms with Crippen LogP contribution in [0, 0.1) is 0 Å². The minimum Gasteiger partial charge on any atom is -0.355 e. The number of carbonyl (C=O) groups excluding carboxylic acids is 4. The normalized spacial score (nSPS) is 9.92. The van der Waals surface area contributed by atoms with E-state index in [9.17, 15) is 19.2 Å². The highest BCUT2D eigenvalue weighted by Crippen LogP contribution is 2.19. The average molecular weight is 380 g/mol. The Morgan fingerprint density at radius 1 is 0.625 bits per heavy atom. The lowest BCUT2D eigenvalue weighted by Crippen LogP contribution is -2.32. The van der Waals surface area contributed by atoms with E-state index in [0.29, 0.717) is 24.6 Å². The van der Waals surface area contributed by atoms with Crippen LogP contribution in [0.2, 0.25) is 0 Å². The molecule has 8 N–H and O–H groups in total. The van der Waals surface area contributed by atoms with Crippen LogP contribution in [0.3, 0.4) is 0 Å². The summed E-state index contributed by atoms with van der Waals surface area (Å²) in [6.07, 6.45) is 0.345. The van der Waals surface area contributed by atoms with Crippen LogP contribution in [0.4, 0.5) is 0 Å². The molecule has 0 aromatic carbocycles. The van der Waals surface area contributed by atoms with Crippen molar-refractivity contribution in [2.75, 3.05) is 24.6 Å². The first-order valence-corrected chi connectivity index (χ1v) is 9.75. The topological polar surface area (TPSA) is 168 Å². The summed E-state index contributed by atoms with van der Waals surface area (Å²) >= 11 is 0. The molecule has 0 aliphatic rings. The molecular formula is C12H24N6O4S2. The lowest BCUT2D eigenvalue weighted by atomic mass is 10.3. The van der Waals surface area contributed by atoms with Crippen LogP contribution in [-0.4, -0.2) is 48.2 Å². The van der Waals surface area contributed by atoms with Gasteiger partial charge >= 0.3 is 0 Å². The van der Waals surface area contributed by atoms with E-state index in [2.05, 4.69) is 10.6 Å². The molecule has 0 saturated heterocycles. The van der Waals surface area contributed by atoms with E-state index in [1.807, 2.05) is 10.9 Å². The van der Waals surface area contributed by atoms with Crippen LogP contribution in [0.1, 0.15) is 25.7 Å². The highest BCUT2D eigenvalue weighted by atomic mass is 33.1. The van der Waals surface area contributed by atoms with Crippen molar-refractivity contribution in [3.63, 3.8) is 0 Å². The van der Waals surface area contributed by atoms with Gasteiger partial charge in [0.05, 0.1) is 0 Å². The third kappa shape index (κ3) is 14.1. The van der Waals surface area contributed by atoms with Crippen molar-refractivity contribution in [2.24, 2.45) is 11.7 Å². The highest BCUT2D eigenvalue weighted by Gasteiger charge is 2.06. The summed E-state index contributed by atoms with van der Waals surface area (Å²) in [4.78, 5) is 44.4. The first-order valence-electron chi connectivity index (χ1n) is 7.26. The molecule has 0 atom stereocenters. The van der Waals surface area contributed by atoms with Gasteiger partial charge in [-0.3, -0.25) is 30.0 Å². The van der Waals surface area contributed by atoms with Gasteiger partial charge in [-0.2, -0.15) is 0 Å². The van der Waals surface area contributed by atoms with Crippen LogP contribution >= 0.6 is 21.6 Å². The Bertz CT molecular complexity index is 386. The molecule has 0 aromatic heterocycles. The van der Waals surface area contributed by atoms with Gasteiger partial charge < -0.3 is 10.6 Å². The highest BCUT2D eigenvalue weighted by molar-refractivity contribution is 8.76. The van der Waals surface area contributed by atoms with E-state index >= 15 is 0 Å². The van der Waals surface area contributed by atoms with Crippen molar-refractivity contribution in [1.82, 2.24) is 21.5 Å². The van der Waals surface area contributed by atoms with Crippen LogP contribution < -0.4 is 33.2 Å². The number of rotatable bonds is 13. The first-order chi connectivity index (χ1) is 11.5. The van der Waals surface area contributed by atoms with Crippen LogP contribution in [0.25, 0.3) is 0 Å². The Kier molecular flexibility index (Phi) is 14.1. The van der Waals surface area contributed by atoms with Crippen molar-refractivity contribution in [1.29, 1.82) is 0 Å². The number of nitrogens with two attached hydrogens (primary N) is 2. The standard InChI is InChI=1S/C12H24N6O4S2/c13-17-11(21)3-1-9(19)15-5-7-23-24-8-6-16-10(20)2-4-12(22)18-14/h1-8,13-14H2,(H,15,19)(H,16,20)(H,17,21)(H,18,22). The number of hydrazine groups is 2. The Hall–Kier alpha value is -1.50. The van der Waals surface area contributed by atoms with E-state index in [0.717, 1.165) is 0 Å². The van der Waals surface area contributed by atoms with Crippen molar-refractivity contribution >= 4 is 45.2 Å². The smallest absolute Gasteiger partial charge is 0.234 e. The maximum absolute atomic E-state index is 11.4. The number of nitrogens with one attached hydrogen (secondary N) is 4. The zero-order valence-corrected chi connectivity index (χ0v) is 14.9. The number of amides is 4. The van der Waals surface area contributed by atoms with Gasteiger partial charge in [0, 0.05) is 50.3 Å². The lowest BCUT2D eigenvalue weighted by molar-refractivity contribution is -0.126. The molecule has 0 aromatic rings. The van der Waals surface area contributed by atoms with Crippen molar-refractivity contribution < 1.29 is 19.2 Å². The Morgan fingerprint density at radius 2 is 0.958 bits per heavy atom. The van der Waals surface area contributed by atoms with Gasteiger partial charge in [0.2, 0.25) is 23.6 Å². The van der Waals surface area contributed by atoms with Crippen LogP contribution in [0.5, 0.6) is 0 Å². The largest absolute Gasteiger partial charge is 0.355 e. The molecule has 0 saturated carbocycles. The fourth-order valence-corrected chi connectivity index (χ4v) is 3.17. The molecule has 0 aliphatic carbocycles. The molecule has 0 radical (unpaired) electrons. The van der Waals surface area contributed by atoms with Crippen LogP contribution in [-0.2, 0) is 19.2 Å². The third-order valence-electron chi connectivity index (χ3n) is 2.58. The molecule has 12 heteroatoms. The van der Waals surface area contributed by atoms with E-state index in [4.69, 9.17) is 11.7 Å². The molecule has 0 bridgehead atoms. The second kappa shape index (κ2) is 15.1. The minimum absolute atomic E-state index is 0.0663. The van der Waals surface area contributed by atoms with E-state index in [1.54, 1.807) is 21.6 Å². The average Bonchev–Trinajstić information content (AvgIpc) is 2.59. The summed E-state index contributed by atoms with van der Waals surface area (Å²) in [5, 5.41) is 5.38. The van der Waals surface area contributed by atoms with Crippen LogP contribution in [0.15, 0.2) is 0 Å². The van der Waals surface area contributed by atoms with Gasteiger partial charge in [-0.15, -0.1) is 0 Å². The SMILES string of the molecule is NNC(=O)CCC(=O)NCCSSCCNC(=O)CCC(=O)NN. The van der Waals surface area contributed by atoms with Gasteiger partial charge in [0.15, 0.2) is 0 Å². The number of hydrogen-bond acceptors (Lipinski definition) is 8. The molecule has 0 unspecified atom stereocenters. The summed E-state index contributed by atoms with van der Waals surface area (Å²) in [7, 11) is 3.14. The molecule has 138 valence electrons. The zero-order valence-electron chi connectivity index (χ0n) is 13.3. The molecular weight excluding hydrogens is 356 g/mol. The molecule has 24 heavy (non-hydrogen) atoms. The molecule has 0 rings (SSSR count). The third-order valence-corrected chi connectivity index (χ3v) is 4.99. The van der Waals surface area contributed by atoms with E-state index in [1.165, 1.54) is 0 Å². The number of carbonyl (C=O) groups is 4. The molecule has 4 amide bonds. The number of hydrogen-bond donors (Lipinski definition) is 6. The summed E-state index contributed by atoms with van der Waals surface area (Å²) in [5.74, 6) is 10.1. The van der Waals surface area contributed by atoms with Gasteiger partial charge in [-0.25, -0.2) is 11.7 Å². The lowest BCUT2D eigenvalue weighted by Gasteiger charge is -2.06. The second-order valence-corrected chi connectivity index (χ2v) is 7.18. The summed E-state index contributed by atoms with van der Waals surface area (Å²) in [6, 6.07) is 0. The van der Waals surface area contributed by atoms with Crippen molar-refractivity contribution in [3.05, 3.63) is 0 Å². The van der Waals surface area contributed by atoms with Gasteiger partial charge in [-0.05, 0) is 0 Å². The predicted molar refractivity (Wildman–Crippen MR) is 94.1 cm³/mol.